The number of hydrogen-bond donors (Lipinski definition) is 0. The molecule has 0 aliphatic carbocycles. The lowest BCUT2D eigenvalue weighted by molar-refractivity contribution is 0.0473. The molecule has 0 fully saturated rings. The molecular weight excluding hydrogens is 266 g/mol. The van der Waals surface area contributed by atoms with Gasteiger partial charge >= 0.3 is 5.97 Å². The minimum Gasteiger partial charge on any atom is -0.497 e. The van der Waals surface area contributed by atoms with Crippen LogP contribution in [0.2, 0.25) is 0 Å². The number of anilines is 1. The Morgan fingerprint density at radius 3 is 2.43 bits per heavy atom. The highest BCUT2D eigenvalue weighted by molar-refractivity contribution is 5.96. The molecule has 0 atom stereocenters. The Hall–Kier alpha value is -2.49. The summed E-state index contributed by atoms with van der Waals surface area (Å²) in [6, 6.07) is 14.9. The second-order valence-corrected chi connectivity index (χ2v) is 4.84. The number of esters is 1. The Balaban J connectivity index is 2.15. The number of methoxy groups -OCH3 is 1. The van der Waals surface area contributed by atoms with Crippen molar-refractivity contribution >= 4 is 11.7 Å². The van der Waals surface area contributed by atoms with Gasteiger partial charge in [0.05, 0.1) is 18.4 Å². The first kappa shape index (κ1) is 14.9. The van der Waals surface area contributed by atoms with Gasteiger partial charge in [-0.3, -0.25) is 0 Å². The van der Waals surface area contributed by atoms with E-state index in [4.69, 9.17) is 9.47 Å². The molecule has 4 nitrogen and oxygen atoms in total. The highest BCUT2D eigenvalue weighted by atomic mass is 16.5. The minimum atomic E-state index is -0.342. The molecule has 0 aliphatic rings. The Kier molecular flexibility index (Phi) is 4.82. The van der Waals surface area contributed by atoms with E-state index in [2.05, 4.69) is 0 Å². The van der Waals surface area contributed by atoms with Crippen molar-refractivity contribution in [1.29, 1.82) is 0 Å². The van der Waals surface area contributed by atoms with Gasteiger partial charge in [0.1, 0.15) is 12.4 Å². The van der Waals surface area contributed by atoms with E-state index < -0.39 is 0 Å². The Morgan fingerprint density at radius 2 is 1.81 bits per heavy atom. The van der Waals surface area contributed by atoms with Crippen molar-refractivity contribution in [2.45, 2.75) is 6.61 Å². The lowest BCUT2D eigenvalue weighted by Gasteiger charge is -2.17. The Labute approximate surface area is 124 Å². The van der Waals surface area contributed by atoms with Gasteiger partial charge in [0.15, 0.2) is 0 Å². The summed E-state index contributed by atoms with van der Waals surface area (Å²) in [4.78, 5) is 14.1. The van der Waals surface area contributed by atoms with Crippen LogP contribution in [0.3, 0.4) is 0 Å². The number of benzene rings is 2. The van der Waals surface area contributed by atoms with E-state index >= 15 is 0 Å². The Bertz CT molecular complexity index is 609. The van der Waals surface area contributed by atoms with Crippen LogP contribution in [0.25, 0.3) is 0 Å². The molecule has 110 valence electrons. The molecule has 0 spiro atoms. The van der Waals surface area contributed by atoms with E-state index in [1.165, 1.54) is 0 Å². The number of ether oxygens (including phenoxy) is 2. The summed E-state index contributed by atoms with van der Waals surface area (Å²) in [6.45, 7) is 0.262. The monoisotopic (exact) mass is 285 g/mol. The second-order valence-electron chi connectivity index (χ2n) is 4.84. The number of hydrogen-bond acceptors (Lipinski definition) is 4. The maximum Gasteiger partial charge on any atom is 0.340 e. The van der Waals surface area contributed by atoms with E-state index in [1.807, 2.05) is 55.4 Å². The van der Waals surface area contributed by atoms with Crippen molar-refractivity contribution < 1.29 is 14.3 Å². The van der Waals surface area contributed by atoms with E-state index in [-0.39, 0.29) is 12.6 Å². The van der Waals surface area contributed by atoms with Crippen LogP contribution in [-0.4, -0.2) is 27.2 Å². The van der Waals surface area contributed by atoms with E-state index in [0.717, 1.165) is 11.3 Å². The maximum absolute atomic E-state index is 12.3. The lowest BCUT2D eigenvalue weighted by atomic mass is 10.1. The second kappa shape index (κ2) is 6.79. The van der Waals surface area contributed by atoms with Crippen molar-refractivity contribution in [3.05, 3.63) is 59.7 Å². The van der Waals surface area contributed by atoms with Gasteiger partial charge in [-0.15, -0.1) is 0 Å². The molecule has 0 aliphatic heterocycles. The SMILES string of the molecule is COc1ccc(C(=O)OCc2ccccc2)c(N(C)C)c1. The quantitative estimate of drug-likeness (QED) is 0.791. The molecule has 2 aromatic rings. The maximum atomic E-state index is 12.3. The lowest BCUT2D eigenvalue weighted by Crippen LogP contribution is -2.15. The third-order valence-electron chi connectivity index (χ3n) is 3.12. The molecule has 21 heavy (non-hydrogen) atoms. The van der Waals surface area contributed by atoms with Crippen LogP contribution in [0.15, 0.2) is 48.5 Å². The molecule has 0 amide bonds. The summed E-state index contributed by atoms with van der Waals surface area (Å²) in [5.74, 6) is 0.364. The summed E-state index contributed by atoms with van der Waals surface area (Å²) in [5.41, 5.74) is 2.26. The summed E-state index contributed by atoms with van der Waals surface area (Å²) < 4.78 is 10.6. The summed E-state index contributed by atoms with van der Waals surface area (Å²) >= 11 is 0. The third-order valence-corrected chi connectivity index (χ3v) is 3.12. The molecule has 0 unspecified atom stereocenters. The van der Waals surface area contributed by atoms with Gasteiger partial charge in [0, 0.05) is 20.2 Å². The fourth-order valence-electron chi connectivity index (χ4n) is 1.98. The van der Waals surface area contributed by atoms with Gasteiger partial charge in [-0.05, 0) is 17.7 Å². The molecule has 0 radical (unpaired) electrons. The predicted octanol–water partition coefficient (Wildman–Crippen LogP) is 3.12. The first-order valence-corrected chi connectivity index (χ1v) is 6.68. The van der Waals surface area contributed by atoms with Crippen LogP contribution >= 0.6 is 0 Å². The van der Waals surface area contributed by atoms with Crippen LogP contribution in [0.4, 0.5) is 5.69 Å². The fraction of sp³-hybridized carbons (Fsp3) is 0.235. The van der Waals surface area contributed by atoms with E-state index in [0.29, 0.717) is 11.3 Å². The van der Waals surface area contributed by atoms with Crippen molar-refractivity contribution in [3.63, 3.8) is 0 Å². The molecule has 0 aromatic heterocycles. The average Bonchev–Trinajstić information content (AvgIpc) is 2.52. The standard InChI is InChI=1S/C17H19NO3/c1-18(2)16-11-14(20-3)9-10-15(16)17(19)21-12-13-7-5-4-6-8-13/h4-11H,12H2,1-3H3. The summed E-state index contributed by atoms with van der Waals surface area (Å²) in [6.07, 6.45) is 0. The molecule has 0 saturated carbocycles. The van der Waals surface area contributed by atoms with Crippen LogP contribution in [-0.2, 0) is 11.3 Å². The summed E-state index contributed by atoms with van der Waals surface area (Å²) in [5, 5.41) is 0. The molecule has 2 aromatic carbocycles. The highest BCUT2D eigenvalue weighted by Crippen LogP contribution is 2.25. The number of nitrogens with zero attached hydrogens (tertiary/aromatic N) is 1. The first-order valence-electron chi connectivity index (χ1n) is 6.68. The van der Waals surface area contributed by atoms with Crippen LogP contribution in [0.1, 0.15) is 15.9 Å². The van der Waals surface area contributed by atoms with Gasteiger partial charge in [0.2, 0.25) is 0 Å². The average molecular weight is 285 g/mol. The van der Waals surface area contributed by atoms with Crippen molar-refractivity contribution in [3.8, 4) is 5.75 Å². The molecule has 2 rings (SSSR count). The molecule has 0 bridgehead atoms. The van der Waals surface area contributed by atoms with Gasteiger partial charge in [-0.25, -0.2) is 4.79 Å². The number of carbonyl (C=O) groups is 1. The smallest absolute Gasteiger partial charge is 0.340 e. The van der Waals surface area contributed by atoms with Crippen LogP contribution in [0.5, 0.6) is 5.75 Å². The topological polar surface area (TPSA) is 38.8 Å². The third kappa shape index (κ3) is 3.75. The normalized spacial score (nSPS) is 10.0. The van der Waals surface area contributed by atoms with E-state index in [1.54, 1.807) is 19.2 Å². The molecule has 0 heterocycles. The van der Waals surface area contributed by atoms with Gasteiger partial charge in [-0.2, -0.15) is 0 Å². The zero-order chi connectivity index (χ0) is 15.2. The Morgan fingerprint density at radius 1 is 1.10 bits per heavy atom. The fourth-order valence-corrected chi connectivity index (χ4v) is 1.98. The largest absolute Gasteiger partial charge is 0.497 e. The predicted molar refractivity (Wildman–Crippen MR) is 82.9 cm³/mol. The summed E-state index contributed by atoms with van der Waals surface area (Å²) in [7, 11) is 5.35. The molecular formula is C17H19NO3. The molecule has 0 N–H and O–H groups in total. The van der Waals surface area contributed by atoms with Crippen molar-refractivity contribution in [1.82, 2.24) is 0 Å². The van der Waals surface area contributed by atoms with E-state index in [9.17, 15) is 4.79 Å². The van der Waals surface area contributed by atoms with Gasteiger partial charge in [-0.1, -0.05) is 30.3 Å². The van der Waals surface area contributed by atoms with Gasteiger partial charge < -0.3 is 14.4 Å². The number of rotatable bonds is 5. The van der Waals surface area contributed by atoms with Crippen molar-refractivity contribution in [2.24, 2.45) is 0 Å². The zero-order valence-corrected chi connectivity index (χ0v) is 12.5. The highest BCUT2D eigenvalue weighted by Gasteiger charge is 2.15. The minimum absolute atomic E-state index is 0.262. The molecule has 4 heteroatoms. The zero-order valence-electron chi connectivity index (χ0n) is 12.5. The number of carbonyl (C=O) groups excluding carboxylic acids is 1. The molecule has 0 saturated heterocycles. The van der Waals surface area contributed by atoms with Crippen LogP contribution in [0, 0.1) is 0 Å². The van der Waals surface area contributed by atoms with Crippen molar-refractivity contribution in [2.75, 3.05) is 26.1 Å². The first-order chi connectivity index (χ1) is 10.1. The van der Waals surface area contributed by atoms with Crippen LogP contribution < -0.4 is 9.64 Å². The van der Waals surface area contributed by atoms with Gasteiger partial charge in [0.25, 0.3) is 0 Å².